The highest BCUT2D eigenvalue weighted by molar-refractivity contribution is 7.15. The van der Waals surface area contributed by atoms with E-state index in [9.17, 15) is 0 Å². The minimum absolute atomic E-state index is 0.0965. The summed E-state index contributed by atoms with van der Waals surface area (Å²) < 4.78 is 0. The van der Waals surface area contributed by atoms with Crippen LogP contribution in [0.1, 0.15) is 24.6 Å². The third-order valence-corrected chi connectivity index (χ3v) is 2.97. The van der Waals surface area contributed by atoms with Gasteiger partial charge in [0.05, 0.1) is 11.5 Å². The molecule has 13 heavy (non-hydrogen) atoms. The van der Waals surface area contributed by atoms with Gasteiger partial charge >= 0.3 is 0 Å². The maximum absolute atomic E-state index is 8.86. The average molecular weight is 200 g/mol. The van der Waals surface area contributed by atoms with Crippen LogP contribution in [0.4, 0.5) is 5.13 Å². The van der Waals surface area contributed by atoms with Crippen LogP contribution >= 0.6 is 11.3 Å². The summed E-state index contributed by atoms with van der Waals surface area (Å²) in [7, 11) is 2.04. The standard InChI is InChI=1S/C9H16N2OS/c1-3-4-5-11(2)9-10-6-8(7-12)13-9/h6,12H,3-5,7H2,1-2H3. The highest BCUT2D eigenvalue weighted by atomic mass is 32.1. The molecular weight excluding hydrogens is 184 g/mol. The second-order valence-corrected chi connectivity index (χ2v) is 4.14. The van der Waals surface area contributed by atoms with E-state index in [-0.39, 0.29) is 6.61 Å². The van der Waals surface area contributed by atoms with E-state index in [1.54, 1.807) is 17.5 Å². The Morgan fingerprint density at radius 3 is 2.92 bits per heavy atom. The average Bonchev–Trinajstić information content (AvgIpc) is 2.62. The molecule has 1 aromatic rings. The molecule has 0 aliphatic rings. The van der Waals surface area contributed by atoms with Gasteiger partial charge < -0.3 is 10.0 Å². The van der Waals surface area contributed by atoms with Gasteiger partial charge in [-0.2, -0.15) is 0 Å². The van der Waals surface area contributed by atoms with Crippen LogP contribution in [0.3, 0.4) is 0 Å². The van der Waals surface area contributed by atoms with Gasteiger partial charge in [0.15, 0.2) is 5.13 Å². The van der Waals surface area contributed by atoms with Gasteiger partial charge in [-0.3, -0.25) is 0 Å². The molecule has 74 valence electrons. The minimum Gasteiger partial charge on any atom is -0.391 e. The summed E-state index contributed by atoms with van der Waals surface area (Å²) in [5.41, 5.74) is 0. The van der Waals surface area contributed by atoms with Crippen LogP contribution in [0.15, 0.2) is 6.20 Å². The van der Waals surface area contributed by atoms with Crippen LogP contribution in [0.25, 0.3) is 0 Å². The number of hydrogen-bond acceptors (Lipinski definition) is 4. The molecule has 1 N–H and O–H groups in total. The fourth-order valence-electron chi connectivity index (χ4n) is 1.04. The number of unbranched alkanes of at least 4 members (excludes halogenated alkanes) is 1. The van der Waals surface area contributed by atoms with Crippen molar-refractivity contribution in [2.45, 2.75) is 26.4 Å². The van der Waals surface area contributed by atoms with Crippen molar-refractivity contribution < 1.29 is 5.11 Å². The van der Waals surface area contributed by atoms with E-state index < -0.39 is 0 Å². The maximum atomic E-state index is 8.86. The number of rotatable bonds is 5. The Kier molecular flexibility index (Phi) is 4.18. The van der Waals surface area contributed by atoms with E-state index in [0.29, 0.717) is 0 Å². The number of aromatic nitrogens is 1. The van der Waals surface area contributed by atoms with Crippen LogP contribution in [-0.4, -0.2) is 23.7 Å². The Labute approximate surface area is 83.0 Å². The van der Waals surface area contributed by atoms with E-state index in [2.05, 4.69) is 16.8 Å². The summed E-state index contributed by atoms with van der Waals surface area (Å²) in [5.74, 6) is 0. The predicted molar refractivity (Wildman–Crippen MR) is 56.2 cm³/mol. The van der Waals surface area contributed by atoms with Gasteiger partial charge in [0.1, 0.15) is 0 Å². The summed E-state index contributed by atoms with van der Waals surface area (Å²) in [6, 6.07) is 0. The van der Waals surface area contributed by atoms with Gasteiger partial charge in [0.2, 0.25) is 0 Å². The summed E-state index contributed by atoms with van der Waals surface area (Å²) in [5, 5.41) is 9.86. The van der Waals surface area contributed by atoms with Crippen molar-refractivity contribution in [2.24, 2.45) is 0 Å². The second kappa shape index (κ2) is 5.19. The fraction of sp³-hybridized carbons (Fsp3) is 0.667. The first-order valence-corrected chi connectivity index (χ1v) is 5.36. The summed E-state index contributed by atoms with van der Waals surface area (Å²) in [6.45, 7) is 3.31. The van der Waals surface area contributed by atoms with Crippen LogP contribution in [0, 0.1) is 0 Å². The molecule has 0 spiro atoms. The Morgan fingerprint density at radius 1 is 1.62 bits per heavy atom. The molecule has 3 nitrogen and oxygen atoms in total. The molecule has 0 aliphatic heterocycles. The molecule has 1 aromatic heterocycles. The lowest BCUT2D eigenvalue weighted by atomic mass is 10.3. The van der Waals surface area contributed by atoms with Crippen LogP contribution < -0.4 is 4.90 Å². The molecule has 4 heteroatoms. The Balaban J connectivity index is 2.50. The number of hydrogen-bond donors (Lipinski definition) is 1. The molecule has 0 unspecified atom stereocenters. The summed E-state index contributed by atoms with van der Waals surface area (Å²) >= 11 is 1.56. The van der Waals surface area contributed by atoms with Gasteiger partial charge in [-0.15, -0.1) is 0 Å². The zero-order valence-corrected chi connectivity index (χ0v) is 8.97. The third kappa shape index (κ3) is 2.97. The highest BCUT2D eigenvalue weighted by Gasteiger charge is 2.05. The van der Waals surface area contributed by atoms with E-state index in [1.165, 1.54) is 12.8 Å². The van der Waals surface area contributed by atoms with E-state index in [4.69, 9.17) is 5.11 Å². The molecule has 1 rings (SSSR count). The molecule has 1 heterocycles. The van der Waals surface area contributed by atoms with Crippen LogP contribution in [0.5, 0.6) is 0 Å². The van der Waals surface area contributed by atoms with Crippen molar-refractivity contribution in [3.8, 4) is 0 Å². The summed E-state index contributed by atoms with van der Waals surface area (Å²) in [6.07, 6.45) is 4.12. The van der Waals surface area contributed by atoms with Crippen molar-refractivity contribution >= 4 is 16.5 Å². The SMILES string of the molecule is CCCCN(C)c1ncc(CO)s1. The van der Waals surface area contributed by atoms with E-state index >= 15 is 0 Å². The van der Waals surface area contributed by atoms with E-state index in [0.717, 1.165) is 16.6 Å². The van der Waals surface area contributed by atoms with Crippen molar-refractivity contribution in [2.75, 3.05) is 18.5 Å². The first kappa shape index (κ1) is 10.5. The lowest BCUT2D eigenvalue weighted by molar-refractivity contribution is 0.285. The monoisotopic (exact) mass is 200 g/mol. The molecule has 0 radical (unpaired) electrons. The smallest absolute Gasteiger partial charge is 0.185 e. The Morgan fingerprint density at radius 2 is 2.38 bits per heavy atom. The van der Waals surface area contributed by atoms with Crippen molar-refractivity contribution in [1.82, 2.24) is 4.98 Å². The molecular formula is C9H16N2OS. The largest absolute Gasteiger partial charge is 0.391 e. The van der Waals surface area contributed by atoms with Gasteiger partial charge in [-0.25, -0.2) is 4.98 Å². The predicted octanol–water partition coefficient (Wildman–Crippen LogP) is 1.87. The zero-order valence-electron chi connectivity index (χ0n) is 8.16. The lowest BCUT2D eigenvalue weighted by Crippen LogP contribution is -2.17. The third-order valence-electron chi connectivity index (χ3n) is 1.87. The van der Waals surface area contributed by atoms with Gasteiger partial charge in [0.25, 0.3) is 0 Å². The van der Waals surface area contributed by atoms with Crippen LogP contribution in [0.2, 0.25) is 0 Å². The number of anilines is 1. The first-order chi connectivity index (χ1) is 6.27. The highest BCUT2D eigenvalue weighted by Crippen LogP contribution is 2.21. The van der Waals surface area contributed by atoms with Crippen molar-refractivity contribution in [3.05, 3.63) is 11.1 Å². The normalized spacial score (nSPS) is 10.4. The number of thiazole rings is 1. The molecule has 0 fully saturated rings. The molecule has 0 aromatic carbocycles. The van der Waals surface area contributed by atoms with Crippen molar-refractivity contribution in [1.29, 1.82) is 0 Å². The second-order valence-electron chi connectivity index (χ2n) is 3.04. The van der Waals surface area contributed by atoms with Gasteiger partial charge in [-0.1, -0.05) is 24.7 Å². The summed E-state index contributed by atoms with van der Waals surface area (Å²) in [4.78, 5) is 7.29. The molecule has 0 amide bonds. The first-order valence-electron chi connectivity index (χ1n) is 4.54. The lowest BCUT2D eigenvalue weighted by Gasteiger charge is -2.14. The number of aliphatic hydroxyl groups is 1. The topological polar surface area (TPSA) is 36.4 Å². The quantitative estimate of drug-likeness (QED) is 0.788. The molecule has 0 atom stereocenters. The van der Waals surface area contributed by atoms with Gasteiger partial charge in [-0.05, 0) is 6.42 Å². The Bertz CT molecular complexity index is 250. The molecule has 0 bridgehead atoms. The number of nitrogens with zero attached hydrogens (tertiary/aromatic N) is 2. The number of aliphatic hydroxyl groups excluding tert-OH is 1. The van der Waals surface area contributed by atoms with Crippen LogP contribution in [-0.2, 0) is 6.61 Å². The fourth-order valence-corrected chi connectivity index (χ4v) is 1.79. The Hall–Kier alpha value is -0.610. The maximum Gasteiger partial charge on any atom is 0.185 e. The molecule has 0 aliphatic carbocycles. The minimum atomic E-state index is 0.0965. The van der Waals surface area contributed by atoms with E-state index in [1.807, 2.05) is 7.05 Å². The molecule has 0 saturated carbocycles. The zero-order chi connectivity index (χ0) is 9.68. The van der Waals surface area contributed by atoms with Gasteiger partial charge in [0, 0.05) is 19.8 Å². The van der Waals surface area contributed by atoms with Crippen molar-refractivity contribution in [3.63, 3.8) is 0 Å². The molecule has 0 saturated heterocycles.